The molecule has 1 atom stereocenters. The van der Waals surface area contributed by atoms with Crippen molar-refractivity contribution < 1.29 is 36.5 Å². The number of alkyl halides is 3. The van der Waals surface area contributed by atoms with Gasteiger partial charge in [0.1, 0.15) is 23.3 Å². The monoisotopic (exact) mass is 579 g/mol. The highest BCUT2D eigenvalue weighted by Gasteiger charge is 2.53. The molecular weight excluding hydrogens is 564 g/mol. The van der Waals surface area contributed by atoms with Gasteiger partial charge in [-0.25, -0.2) is 14.2 Å². The summed E-state index contributed by atoms with van der Waals surface area (Å²) in [5, 5.41) is 8.19. The highest BCUT2D eigenvalue weighted by atomic mass is 35.5. The number of thioether (sulfide) groups is 1. The molecule has 0 aliphatic carbocycles. The van der Waals surface area contributed by atoms with Crippen LogP contribution in [0.2, 0.25) is 5.02 Å². The summed E-state index contributed by atoms with van der Waals surface area (Å²) < 4.78 is 61.8. The van der Waals surface area contributed by atoms with Gasteiger partial charge in [-0.05, 0) is 18.2 Å². The Morgan fingerprint density at radius 1 is 1.28 bits per heavy atom. The maximum absolute atomic E-state index is 14.1. The molecule has 0 bridgehead atoms. The molecule has 5 rings (SSSR count). The maximum Gasteiger partial charge on any atom is 0.506 e. The Morgan fingerprint density at radius 2 is 2.03 bits per heavy atom. The first-order valence-electron chi connectivity index (χ1n) is 11.2. The van der Waals surface area contributed by atoms with Crippen LogP contribution in [-0.2, 0) is 18.0 Å². The number of benzene rings is 1. The van der Waals surface area contributed by atoms with Gasteiger partial charge in [0.05, 0.1) is 37.0 Å². The van der Waals surface area contributed by atoms with Crippen LogP contribution in [0.25, 0.3) is 15.9 Å². The number of fused-ring (bicyclic) bond motifs is 2. The minimum absolute atomic E-state index is 0.0361. The van der Waals surface area contributed by atoms with Crippen LogP contribution >= 0.6 is 23.4 Å². The van der Waals surface area contributed by atoms with Crippen LogP contribution < -0.4 is 9.64 Å². The van der Waals surface area contributed by atoms with E-state index in [9.17, 15) is 32.4 Å². The van der Waals surface area contributed by atoms with E-state index in [-0.39, 0.29) is 46.2 Å². The Labute approximate surface area is 226 Å². The number of nitriles is 1. The summed E-state index contributed by atoms with van der Waals surface area (Å²) >= 11 is 7.30. The van der Waals surface area contributed by atoms with E-state index in [0.717, 1.165) is 46.7 Å². The molecular formula is C24H16ClF4N6O3S+. The Balaban J connectivity index is 1.65. The second-order valence-electron chi connectivity index (χ2n) is 8.43. The Bertz CT molecular complexity index is 1680. The normalized spacial score (nSPS) is 17.5. The number of aryl methyl sites for hydroxylation is 1. The molecule has 200 valence electrons. The molecule has 2 aliphatic rings. The largest absolute Gasteiger partial charge is 0.506 e. The molecule has 0 radical (unpaired) electrons. The van der Waals surface area contributed by atoms with Crippen molar-refractivity contribution in [1.82, 2.24) is 14.5 Å². The number of hydrogen-bond donors (Lipinski definition) is 0. The lowest BCUT2D eigenvalue weighted by molar-refractivity contribution is -0.425. The molecule has 0 saturated carbocycles. The molecule has 3 aromatic rings. The van der Waals surface area contributed by atoms with Crippen LogP contribution in [0, 0.1) is 17.1 Å². The predicted molar refractivity (Wildman–Crippen MR) is 134 cm³/mol. The van der Waals surface area contributed by atoms with Gasteiger partial charge >= 0.3 is 18.1 Å². The van der Waals surface area contributed by atoms with E-state index in [1.807, 2.05) is 6.07 Å². The van der Waals surface area contributed by atoms with Crippen LogP contribution in [0.4, 0.5) is 28.0 Å². The molecule has 9 nitrogen and oxygen atoms in total. The first-order valence-corrected chi connectivity index (χ1v) is 12.4. The Hall–Kier alpha value is -3.96. The van der Waals surface area contributed by atoms with Crippen molar-refractivity contribution >= 4 is 62.6 Å². The van der Waals surface area contributed by atoms with Gasteiger partial charge in [-0.2, -0.15) is 27.8 Å². The summed E-state index contributed by atoms with van der Waals surface area (Å²) in [5.41, 5.74) is 0.134. The van der Waals surface area contributed by atoms with Crippen molar-refractivity contribution in [2.75, 3.05) is 18.6 Å². The van der Waals surface area contributed by atoms with Crippen molar-refractivity contribution in [1.29, 1.82) is 5.26 Å². The Kier molecular flexibility index (Phi) is 6.59. The summed E-state index contributed by atoms with van der Waals surface area (Å²) in [5.74, 6) is -2.75. The van der Waals surface area contributed by atoms with Gasteiger partial charge in [0.25, 0.3) is 0 Å². The summed E-state index contributed by atoms with van der Waals surface area (Å²) in [6.45, 7) is -0.0989. The number of imidazole rings is 1. The van der Waals surface area contributed by atoms with E-state index in [1.165, 1.54) is 17.8 Å². The quantitative estimate of drug-likeness (QED) is 0.316. The molecule has 3 amide bonds. The van der Waals surface area contributed by atoms with Gasteiger partial charge in [-0.3, -0.25) is 4.98 Å². The van der Waals surface area contributed by atoms with Gasteiger partial charge in [0, 0.05) is 17.5 Å². The highest BCUT2D eigenvalue weighted by Crippen LogP contribution is 2.45. The lowest BCUT2D eigenvalue weighted by atomic mass is 10.1. The van der Waals surface area contributed by atoms with Gasteiger partial charge in [-0.1, -0.05) is 11.6 Å². The molecule has 1 unspecified atom stereocenters. The molecule has 39 heavy (non-hydrogen) atoms. The number of nitrogens with zero attached hydrogens (tertiary/aromatic N) is 6. The third kappa shape index (κ3) is 4.31. The van der Waals surface area contributed by atoms with Gasteiger partial charge in [-0.15, -0.1) is 16.7 Å². The fourth-order valence-corrected chi connectivity index (χ4v) is 6.03. The smallest absolute Gasteiger partial charge is 0.494 e. The lowest BCUT2D eigenvalue weighted by Crippen LogP contribution is -2.55. The molecule has 15 heteroatoms. The van der Waals surface area contributed by atoms with E-state index >= 15 is 0 Å². The number of imide groups is 1. The van der Waals surface area contributed by atoms with Gasteiger partial charge in [0.15, 0.2) is 22.5 Å². The molecule has 0 N–H and O–H groups in total. The van der Waals surface area contributed by atoms with Crippen molar-refractivity contribution in [2.45, 2.75) is 17.8 Å². The maximum atomic E-state index is 14.1. The molecule has 0 spiro atoms. The van der Waals surface area contributed by atoms with E-state index in [2.05, 4.69) is 9.97 Å². The average molecular weight is 580 g/mol. The minimum Gasteiger partial charge on any atom is -0.494 e. The van der Waals surface area contributed by atoms with Gasteiger partial charge < -0.3 is 9.30 Å². The number of amides is 3. The van der Waals surface area contributed by atoms with E-state index in [4.69, 9.17) is 16.3 Å². The number of rotatable bonds is 5. The van der Waals surface area contributed by atoms with Crippen LogP contribution in [0.5, 0.6) is 5.75 Å². The van der Waals surface area contributed by atoms with Gasteiger partial charge in [0.2, 0.25) is 5.82 Å². The SMILES string of the molecule is COc1cc(C2=CC3=[N+](CCC#N)C(=O)N(c4cncc5nc(C(F)(F)F)n(C)c45)C(=O)C3S2)c(Cl)cc1F. The van der Waals surface area contributed by atoms with Crippen molar-refractivity contribution in [2.24, 2.45) is 7.05 Å². The van der Waals surface area contributed by atoms with Crippen molar-refractivity contribution in [3.8, 4) is 11.8 Å². The van der Waals surface area contributed by atoms with E-state index in [1.54, 1.807) is 6.08 Å². The first-order chi connectivity index (χ1) is 18.5. The number of urea groups is 1. The fraction of sp³-hybridized carbons (Fsp3) is 0.250. The number of carbonyl (C=O) groups excluding carboxylic acids is 2. The zero-order valence-corrected chi connectivity index (χ0v) is 21.7. The van der Waals surface area contributed by atoms with Crippen LogP contribution in [-0.4, -0.2) is 55.7 Å². The summed E-state index contributed by atoms with van der Waals surface area (Å²) in [6, 6.07) is 3.49. The van der Waals surface area contributed by atoms with Crippen molar-refractivity contribution in [3.05, 3.63) is 52.8 Å². The summed E-state index contributed by atoms with van der Waals surface area (Å²) in [7, 11) is 2.40. The second-order valence-corrected chi connectivity index (χ2v) is 9.99. The second kappa shape index (κ2) is 9.65. The van der Waals surface area contributed by atoms with Crippen molar-refractivity contribution in [3.63, 3.8) is 0 Å². The predicted octanol–water partition coefficient (Wildman–Crippen LogP) is 4.78. The lowest BCUT2D eigenvalue weighted by Gasteiger charge is -2.24. The molecule has 0 fully saturated rings. The highest BCUT2D eigenvalue weighted by molar-refractivity contribution is 8.10. The third-order valence-corrected chi connectivity index (χ3v) is 7.76. The zero-order chi connectivity index (χ0) is 28.2. The molecule has 1 aromatic carbocycles. The first kappa shape index (κ1) is 26.6. The summed E-state index contributed by atoms with van der Waals surface area (Å²) in [4.78, 5) is 36.2. The number of anilines is 1. The average Bonchev–Trinajstić information content (AvgIpc) is 3.47. The standard InChI is InChI=1S/C24H16ClF4N6O3S/c1-33-19-14(32-22(33)24(27,28)29)9-31-10-16(19)35-21(36)20-15(34(23(35)37)5-3-4-30)8-18(39-20)11-6-17(38-2)13(26)7-12(11)25/h6-10,20H,3,5H2,1-2H3/q+1. The fourth-order valence-electron chi connectivity index (χ4n) is 4.46. The Morgan fingerprint density at radius 3 is 2.69 bits per heavy atom. The van der Waals surface area contributed by atoms with Crippen LogP contribution in [0.15, 0.2) is 30.6 Å². The van der Waals surface area contributed by atoms with E-state index in [0.29, 0.717) is 10.5 Å². The zero-order valence-electron chi connectivity index (χ0n) is 20.1. The number of carbonyl (C=O) groups is 2. The number of aromatic nitrogens is 3. The number of halogens is 5. The molecule has 4 heterocycles. The molecule has 0 saturated heterocycles. The summed E-state index contributed by atoms with van der Waals surface area (Å²) in [6.07, 6.45) is -1.12. The van der Waals surface area contributed by atoms with E-state index < -0.39 is 35.0 Å². The molecule has 2 aliphatic heterocycles. The van der Waals surface area contributed by atoms with Crippen LogP contribution in [0.3, 0.4) is 0 Å². The topological polar surface area (TPSA) is 104 Å². The number of methoxy groups -OCH3 is 1. The van der Waals surface area contributed by atoms with Crippen LogP contribution in [0.1, 0.15) is 17.8 Å². The molecule has 2 aromatic heterocycles. The number of allylic oxidation sites excluding steroid dienone is 1. The third-order valence-electron chi connectivity index (χ3n) is 6.18. The number of hydrogen-bond acceptors (Lipinski definition) is 7. The number of pyridine rings is 1. The number of ether oxygens (including phenoxy) is 1. The minimum atomic E-state index is -4.80.